The van der Waals surface area contributed by atoms with Gasteiger partial charge in [0.15, 0.2) is 5.11 Å². The lowest BCUT2D eigenvalue weighted by atomic mass is 9.92. The number of hydrazone groups is 1. The molecule has 0 bridgehead atoms. The van der Waals surface area contributed by atoms with E-state index in [1.165, 1.54) is 4.31 Å². The summed E-state index contributed by atoms with van der Waals surface area (Å²) in [4.78, 5) is 12.9. The quantitative estimate of drug-likeness (QED) is 0.399. The average molecular weight is 453 g/mol. The third-order valence-electron chi connectivity index (χ3n) is 5.65. The molecule has 0 radical (unpaired) electrons. The minimum Gasteiger partial charge on any atom is -0.465 e. The Morgan fingerprint density at radius 3 is 2.67 bits per heavy atom. The van der Waals surface area contributed by atoms with E-state index in [9.17, 15) is 13.2 Å². The normalized spacial score (nSPS) is 26.1. The average Bonchev–Trinajstić information content (AvgIpc) is 2.97. The first-order valence-electron chi connectivity index (χ1n) is 10.1. The van der Waals surface area contributed by atoms with Crippen molar-refractivity contribution in [3.8, 4) is 0 Å². The summed E-state index contributed by atoms with van der Waals surface area (Å²) in [6.07, 6.45) is 3.39. The predicted molar refractivity (Wildman–Crippen MR) is 118 cm³/mol. The van der Waals surface area contributed by atoms with Gasteiger partial charge in [-0.1, -0.05) is 24.1 Å². The number of nitrogens with two attached hydrogens (primary N) is 1. The van der Waals surface area contributed by atoms with Gasteiger partial charge in [-0.15, -0.1) is 0 Å². The van der Waals surface area contributed by atoms with E-state index in [0.717, 1.165) is 24.1 Å². The summed E-state index contributed by atoms with van der Waals surface area (Å²) in [6.45, 7) is 3.79. The van der Waals surface area contributed by atoms with Gasteiger partial charge >= 0.3 is 5.97 Å². The second-order valence-electron chi connectivity index (χ2n) is 7.65. The lowest BCUT2D eigenvalue weighted by molar-refractivity contribution is -0.147. The van der Waals surface area contributed by atoms with Gasteiger partial charge in [0.05, 0.1) is 11.5 Å². The smallest absolute Gasteiger partial charge is 0.324 e. The number of sulfonamides is 1. The Kier molecular flexibility index (Phi) is 7.10. The number of hydrogen-bond donors (Lipinski definition) is 2. The zero-order valence-electron chi connectivity index (χ0n) is 17.2. The number of aryl methyl sites for hydroxylation is 1. The Bertz CT molecular complexity index is 931. The molecule has 0 unspecified atom stereocenters. The summed E-state index contributed by atoms with van der Waals surface area (Å²) in [5, 5.41) is 4.40. The van der Waals surface area contributed by atoms with Crippen LogP contribution in [0.2, 0.25) is 0 Å². The molecule has 3 rings (SSSR count). The second-order valence-corrected chi connectivity index (χ2v) is 9.93. The summed E-state index contributed by atoms with van der Waals surface area (Å²) >= 11 is 4.85. The van der Waals surface area contributed by atoms with Crippen molar-refractivity contribution in [2.45, 2.75) is 62.9 Å². The van der Waals surface area contributed by atoms with Crippen LogP contribution in [-0.2, 0) is 19.6 Å². The standard InChI is InChI=1S/C20H28N4O4S2/c1-3-28-19(25)18-12-15-16(22-23-20(21)29)6-4-5-7-17(15)24(18)30(26,27)14-10-8-13(2)9-11-14/h8-11,15,17-18H,3-7,12H2,1-2H3,(H3,21,23,29)/b22-16+/t15-,17+,18+/m1/s1. The summed E-state index contributed by atoms with van der Waals surface area (Å²) in [5.74, 6) is -0.730. The maximum atomic E-state index is 13.6. The number of carbonyl (C=O) groups excluding carboxylic acids is 1. The van der Waals surface area contributed by atoms with Crippen LogP contribution < -0.4 is 11.2 Å². The van der Waals surface area contributed by atoms with E-state index < -0.39 is 22.0 Å². The first-order chi connectivity index (χ1) is 14.3. The Morgan fingerprint density at radius 2 is 2.03 bits per heavy atom. The Labute approximate surface area is 182 Å². The fourth-order valence-electron chi connectivity index (χ4n) is 4.32. The van der Waals surface area contributed by atoms with Gasteiger partial charge in [0.25, 0.3) is 0 Å². The zero-order chi connectivity index (χ0) is 21.9. The molecule has 1 heterocycles. The van der Waals surface area contributed by atoms with Crippen LogP contribution in [-0.4, -0.2) is 48.2 Å². The minimum atomic E-state index is -3.90. The van der Waals surface area contributed by atoms with E-state index in [2.05, 4.69) is 10.5 Å². The highest BCUT2D eigenvalue weighted by Gasteiger charge is 2.52. The molecular weight excluding hydrogens is 424 g/mol. The molecule has 1 saturated heterocycles. The van der Waals surface area contributed by atoms with E-state index in [-0.39, 0.29) is 28.6 Å². The van der Waals surface area contributed by atoms with Gasteiger partial charge in [-0.3, -0.25) is 10.2 Å². The van der Waals surface area contributed by atoms with Crippen LogP contribution in [0.3, 0.4) is 0 Å². The van der Waals surface area contributed by atoms with Crippen molar-refractivity contribution in [3.63, 3.8) is 0 Å². The molecule has 3 atom stereocenters. The fraction of sp³-hybridized carbons (Fsp3) is 0.550. The highest BCUT2D eigenvalue weighted by molar-refractivity contribution is 7.89. The molecule has 1 saturated carbocycles. The molecular formula is C20H28N4O4S2. The molecule has 1 aliphatic carbocycles. The Morgan fingerprint density at radius 1 is 1.33 bits per heavy atom. The number of carbonyl (C=O) groups is 1. The minimum absolute atomic E-state index is 0.0485. The number of esters is 1. The summed E-state index contributed by atoms with van der Waals surface area (Å²) < 4.78 is 33.9. The molecule has 3 N–H and O–H groups in total. The first-order valence-corrected chi connectivity index (χ1v) is 12.0. The van der Waals surface area contributed by atoms with E-state index in [1.54, 1.807) is 31.2 Å². The number of nitrogens with one attached hydrogen (secondary N) is 1. The molecule has 8 nitrogen and oxygen atoms in total. The van der Waals surface area contributed by atoms with Crippen LogP contribution in [0.1, 0.15) is 44.6 Å². The lowest BCUT2D eigenvalue weighted by Crippen LogP contribution is -2.46. The topological polar surface area (TPSA) is 114 Å². The Balaban J connectivity index is 2.05. The summed E-state index contributed by atoms with van der Waals surface area (Å²) in [7, 11) is -3.90. The number of hydrogen-bond acceptors (Lipinski definition) is 6. The van der Waals surface area contributed by atoms with Gasteiger partial charge in [-0.05, 0) is 63.9 Å². The largest absolute Gasteiger partial charge is 0.465 e. The van der Waals surface area contributed by atoms with Gasteiger partial charge in [0, 0.05) is 17.7 Å². The van der Waals surface area contributed by atoms with Crippen molar-refractivity contribution in [1.82, 2.24) is 9.73 Å². The monoisotopic (exact) mass is 452 g/mol. The fourth-order valence-corrected chi connectivity index (χ4v) is 6.21. The second kappa shape index (κ2) is 9.40. The lowest BCUT2D eigenvalue weighted by Gasteiger charge is -2.29. The summed E-state index contributed by atoms with van der Waals surface area (Å²) in [5.41, 5.74) is 9.90. The molecule has 1 aromatic carbocycles. The Hall–Kier alpha value is -2.04. The van der Waals surface area contributed by atoms with Crippen molar-refractivity contribution in [2.75, 3.05) is 6.61 Å². The molecule has 0 aromatic heterocycles. The van der Waals surface area contributed by atoms with Gasteiger partial charge in [0.2, 0.25) is 10.0 Å². The third-order valence-corrected chi connectivity index (χ3v) is 7.69. The molecule has 1 aliphatic heterocycles. The van der Waals surface area contributed by atoms with Gasteiger partial charge < -0.3 is 10.5 Å². The number of ether oxygens (including phenoxy) is 1. The zero-order valence-corrected chi connectivity index (χ0v) is 18.8. The molecule has 0 amide bonds. The highest BCUT2D eigenvalue weighted by atomic mass is 32.2. The van der Waals surface area contributed by atoms with Crippen molar-refractivity contribution in [3.05, 3.63) is 29.8 Å². The number of fused-ring (bicyclic) bond motifs is 1. The van der Waals surface area contributed by atoms with Crippen LogP contribution in [0.25, 0.3) is 0 Å². The molecule has 2 fully saturated rings. The van der Waals surface area contributed by atoms with E-state index in [4.69, 9.17) is 22.7 Å². The van der Waals surface area contributed by atoms with E-state index in [0.29, 0.717) is 19.3 Å². The van der Waals surface area contributed by atoms with Gasteiger partial charge in [-0.2, -0.15) is 9.41 Å². The van der Waals surface area contributed by atoms with Crippen molar-refractivity contribution >= 4 is 39.0 Å². The van der Waals surface area contributed by atoms with Crippen LogP contribution in [0.4, 0.5) is 0 Å². The number of thiocarbonyl (C=S) groups is 1. The van der Waals surface area contributed by atoms with Gasteiger partial charge in [-0.25, -0.2) is 8.42 Å². The van der Waals surface area contributed by atoms with E-state index >= 15 is 0 Å². The molecule has 30 heavy (non-hydrogen) atoms. The van der Waals surface area contributed by atoms with Crippen LogP contribution in [0.15, 0.2) is 34.3 Å². The van der Waals surface area contributed by atoms with Crippen LogP contribution in [0, 0.1) is 12.8 Å². The predicted octanol–water partition coefficient (Wildman–Crippen LogP) is 2.07. The van der Waals surface area contributed by atoms with Crippen LogP contribution >= 0.6 is 12.2 Å². The molecule has 1 aromatic rings. The highest BCUT2D eigenvalue weighted by Crippen LogP contribution is 2.41. The number of nitrogens with zero attached hydrogens (tertiary/aromatic N) is 2. The maximum absolute atomic E-state index is 13.6. The maximum Gasteiger partial charge on any atom is 0.324 e. The molecule has 164 valence electrons. The van der Waals surface area contributed by atoms with Crippen molar-refractivity contribution in [2.24, 2.45) is 16.8 Å². The van der Waals surface area contributed by atoms with Crippen LogP contribution in [0.5, 0.6) is 0 Å². The van der Waals surface area contributed by atoms with Crippen molar-refractivity contribution < 1.29 is 17.9 Å². The SMILES string of the molecule is CCOC(=O)[C@@H]1C[C@@H]2/C(=N/NC(N)=S)CCCC[C@@H]2N1S(=O)(=O)c1ccc(C)cc1. The number of rotatable bonds is 5. The number of benzene rings is 1. The molecule has 2 aliphatic rings. The third kappa shape index (κ3) is 4.65. The van der Waals surface area contributed by atoms with E-state index in [1.807, 2.05) is 6.92 Å². The molecule has 10 heteroatoms. The molecule has 0 spiro atoms. The summed E-state index contributed by atoms with van der Waals surface area (Å²) in [6, 6.07) is 5.41. The van der Waals surface area contributed by atoms with Gasteiger partial charge in [0.1, 0.15) is 6.04 Å². The first kappa shape index (κ1) is 22.6. The van der Waals surface area contributed by atoms with Crippen molar-refractivity contribution in [1.29, 1.82) is 0 Å².